The van der Waals surface area contributed by atoms with Gasteiger partial charge in [-0.05, 0) is 23.5 Å². The van der Waals surface area contributed by atoms with Gasteiger partial charge in [0.15, 0.2) is 0 Å². The summed E-state index contributed by atoms with van der Waals surface area (Å²) in [4.78, 5) is 22.7. The van der Waals surface area contributed by atoms with Crippen LogP contribution in [0.15, 0.2) is 24.3 Å². The Kier molecular flexibility index (Phi) is 5.52. The minimum absolute atomic E-state index is 0.0177. The fourth-order valence-electron chi connectivity index (χ4n) is 1.91. The van der Waals surface area contributed by atoms with Crippen molar-refractivity contribution in [3.8, 4) is 6.07 Å². The molecule has 1 aromatic carbocycles. The van der Waals surface area contributed by atoms with Crippen molar-refractivity contribution >= 4 is 11.9 Å². The molecule has 0 saturated heterocycles. The molecule has 1 aromatic rings. The van der Waals surface area contributed by atoms with E-state index < -0.39 is 24.0 Å². The summed E-state index contributed by atoms with van der Waals surface area (Å²) in [5.74, 6) is -0.467. The molecule has 0 fully saturated rings. The molecule has 0 aliphatic heterocycles. The van der Waals surface area contributed by atoms with Gasteiger partial charge in [-0.2, -0.15) is 5.26 Å². The number of hydrogen-bond acceptors (Lipinski definition) is 3. The third-order valence-electron chi connectivity index (χ3n) is 3.28. The number of nitrogens with zero attached hydrogens (tertiary/aromatic N) is 1. The molecule has 1 rings (SSSR count). The van der Waals surface area contributed by atoms with E-state index in [9.17, 15) is 14.9 Å². The van der Waals surface area contributed by atoms with Crippen LogP contribution < -0.4 is 16.4 Å². The van der Waals surface area contributed by atoms with Gasteiger partial charge in [0.05, 0.1) is 6.07 Å². The maximum absolute atomic E-state index is 11.9. The molecule has 0 aliphatic carbocycles. The van der Waals surface area contributed by atoms with Gasteiger partial charge in [-0.1, -0.05) is 45.0 Å². The van der Waals surface area contributed by atoms with E-state index in [1.54, 1.807) is 0 Å². The Hall–Kier alpha value is -2.55. The topological polar surface area (TPSA) is 108 Å². The molecular formula is C16H22N4O2. The van der Waals surface area contributed by atoms with E-state index in [4.69, 9.17) is 5.73 Å². The second-order valence-corrected chi connectivity index (χ2v) is 6.17. The van der Waals surface area contributed by atoms with Gasteiger partial charge in [0.2, 0.25) is 5.91 Å². The highest BCUT2D eigenvalue weighted by Crippen LogP contribution is 2.23. The van der Waals surface area contributed by atoms with Crippen LogP contribution in [0.3, 0.4) is 0 Å². The number of amides is 3. The number of urea groups is 1. The smallest absolute Gasteiger partial charge is 0.312 e. The monoisotopic (exact) mass is 302 g/mol. The molecule has 0 saturated carbocycles. The van der Waals surface area contributed by atoms with Crippen molar-refractivity contribution in [1.82, 2.24) is 10.6 Å². The second kappa shape index (κ2) is 6.94. The van der Waals surface area contributed by atoms with Gasteiger partial charge in [-0.25, -0.2) is 4.79 Å². The van der Waals surface area contributed by atoms with Crippen LogP contribution in [0.5, 0.6) is 0 Å². The van der Waals surface area contributed by atoms with Crippen LogP contribution in [-0.4, -0.2) is 18.0 Å². The summed E-state index contributed by atoms with van der Waals surface area (Å²) in [5.41, 5.74) is 6.82. The molecule has 4 N–H and O–H groups in total. The molecular weight excluding hydrogens is 280 g/mol. The van der Waals surface area contributed by atoms with Crippen molar-refractivity contribution in [2.45, 2.75) is 45.2 Å². The summed E-state index contributed by atoms with van der Waals surface area (Å²) in [6.07, 6.45) is 0. The quantitative estimate of drug-likeness (QED) is 0.788. The van der Waals surface area contributed by atoms with Crippen LogP contribution >= 0.6 is 0 Å². The molecule has 6 nitrogen and oxygen atoms in total. The Morgan fingerprint density at radius 3 is 2.14 bits per heavy atom. The van der Waals surface area contributed by atoms with Crippen LogP contribution in [0.2, 0.25) is 0 Å². The minimum Gasteiger partial charge on any atom is -0.352 e. The van der Waals surface area contributed by atoms with Crippen molar-refractivity contribution in [3.05, 3.63) is 35.4 Å². The zero-order valence-electron chi connectivity index (χ0n) is 13.3. The van der Waals surface area contributed by atoms with E-state index in [0.717, 1.165) is 5.56 Å². The van der Waals surface area contributed by atoms with Gasteiger partial charge in [-0.15, -0.1) is 0 Å². The summed E-state index contributed by atoms with van der Waals surface area (Å²) in [6.45, 7) is 7.80. The Bertz CT molecular complexity index is 582. The van der Waals surface area contributed by atoms with Crippen molar-refractivity contribution in [2.75, 3.05) is 0 Å². The molecule has 2 atom stereocenters. The summed E-state index contributed by atoms with van der Waals surface area (Å²) < 4.78 is 0. The number of carbonyl (C=O) groups is 2. The first kappa shape index (κ1) is 17.5. The number of benzene rings is 1. The minimum atomic E-state index is -0.804. The second-order valence-electron chi connectivity index (χ2n) is 6.17. The van der Waals surface area contributed by atoms with Crippen molar-refractivity contribution in [2.24, 2.45) is 5.73 Å². The molecule has 118 valence electrons. The number of carbonyl (C=O) groups excluding carboxylic acids is 2. The summed E-state index contributed by atoms with van der Waals surface area (Å²) >= 11 is 0. The van der Waals surface area contributed by atoms with E-state index in [1.807, 2.05) is 30.3 Å². The molecule has 6 heteroatoms. The lowest BCUT2D eigenvalue weighted by atomic mass is 9.86. The van der Waals surface area contributed by atoms with Crippen molar-refractivity contribution in [3.63, 3.8) is 0 Å². The van der Waals surface area contributed by atoms with E-state index >= 15 is 0 Å². The Labute approximate surface area is 130 Å². The molecule has 0 aromatic heterocycles. The Balaban J connectivity index is 2.83. The van der Waals surface area contributed by atoms with E-state index in [0.29, 0.717) is 5.56 Å². The summed E-state index contributed by atoms with van der Waals surface area (Å²) in [5, 5.41) is 14.1. The number of nitrogens with two attached hydrogens (primary N) is 1. The first-order chi connectivity index (χ1) is 10.1. The van der Waals surface area contributed by atoms with E-state index in [-0.39, 0.29) is 5.41 Å². The summed E-state index contributed by atoms with van der Waals surface area (Å²) in [6, 6.07) is 7.19. The molecule has 22 heavy (non-hydrogen) atoms. The van der Waals surface area contributed by atoms with Crippen LogP contribution in [0.1, 0.15) is 44.9 Å². The Morgan fingerprint density at radius 1 is 1.18 bits per heavy atom. The number of primary amides is 1. The normalized spacial score (nSPS) is 13.6. The third kappa shape index (κ3) is 4.77. The van der Waals surface area contributed by atoms with E-state index in [2.05, 4.69) is 31.4 Å². The Morgan fingerprint density at radius 2 is 1.73 bits per heavy atom. The first-order valence-corrected chi connectivity index (χ1v) is 7.01. The summed E-state index contributed by atoms with van der Waals surface area (Å²) in [7, 11) is 0. The lowest BCUT2D eigenvalue weighted by Crippen LogP contribution is -2.47. The van der Waals surface area contributed by atoms with Gasteiger partial charge < -0.3 is 16.4 Å². The lowest BCUT2D eigenvalue weighted by molar-refractivity contribution is -0.122. The predicted molar refractivity (Wildman–Crippen MR) is 83.8 cm³/mol. The fraction of sp³-hybridized carbons (Fsp3) is 0.438. The highest BCUT2D eigenvalue weighted by Gasteiger charge is 2.20. The molecule has 3 amide bonds. The zero-order chi connectivity index (χ0) is 16.9. The average molecular weight is 302 g/mol. The highest BCUT2D eigenvalue weighted by atomic mass is 16.2. The van der Waals surface area contributed by atoms with Crippen molar-refractivity contribution < 1.29 is 9.59 Å². The number of rotatable bonds is 4. The van der Waals surface area contributed by atoms with Crippen LogP contribution in [0, 0.1) is 11.3 Å². The standard InChI is InChI=1S/C16H22N4O2/c1-10(19-15(18)22)14(21)20-13(9-17)11-5-7-12(8-6-11)16(2,3)4/h5-8,10,13H,1-4H3,(H,20,21)(H3,18,19,22)/t10-,13+/m0/s1. The van der Waals surface area contributed by atoms with Gasteiger partial charge in [-0.3, -0.25) is 4.79 Å². The van der Waals surface area contributed by atoms with Gasteiger partial charge >= 0.3 is 6.03 Å². The highest BCUT2D eigenvalue weighted by molar-refractivity contribution is 5.86. The number of nitriles is 1. The fourth-order valence-corrected chi connectivity index (χ4v) is 1.91. The molecule has 0 spiro atoms. The first-order valence-electron chi connectivity index (χ1n) is 7.01. The number of nitrogens with one attached hydrogen (secondary N) is 2. The third-order valence-corrected chi connectivity index (χ3v) is 3.28. The van der Waals surface area contributed by atoms with Crippen LogP contribution in [-0.2, 0) is 10.2 Å². The van der Waals surface area contributed by atoms with E-state index in [1.165, 1.54) is 6.92 Å². The van der Waals surface area contributed by atoms with Crippen LogP contribution in [0.25, 0.3) is 0 Å². The largest absolute Gasteiger partial charge is 0.352 e. The molecule has 0 aliphatic rings. The van der Waals surface area contributed by atoms with Gasteiger partial charge in [0.1, 0.15) is 12.1 Å². The SMILES string of the molecule is C[C@H](NC(N)=O)C(=O)N[C@H](C#N)c1ccc(C(C)(C)C)cc1. The lowest BCUT2D eigenvalue weighted by Gasteiger charge is -2.20. The average Bonchev–Trinajstić information content (AvgIpc) is 2.43. The molecule has 0 bridgehead atoms. The molecule has 0 radical (unpaired) electrons. The van der Waals surface area contributed by atoms with Crippen molar-refractivity contribution in [1.29, 1.82) is 5.26 Å². The van der Waals surface area contributed by atoms with Gasteiger partial charge in [0, 0.05) is 0 Å². The zero-order valence-corrected chi connectivity index (χ0v) is 13.3. The number of hydrogen-bond donors (Lipinski definition) is 3. The predicted octanol–water partition coefficient (Wildman–Crippen LogP) is 1.72. The molecule has 0 unspecified atom stereocenters. The molecule has 0 heterocycles. The maximum Gasteiger partial charge on any atom is 0.312 e. The van der Waals surface area contributed by atoms with Crippen LogP contribution in [0.4, 0.5) is 4.79 Å². The maximum atomic E-state index is 11.9. The van der Waals surface area contributed by atoms with Gasteiger partial charge in [0.25, 0.3) is 0 Å².